The SMILES string of the molecule is CCOC(=O)C(=O)c1c(C)cc(OC)c(O)c1Br. The normalized spacial score (nSPS) is 10.0. The van der Waals surface area contributed by atoms with E-state index in [9.17, 15) is 14.7 Å². The van der Waals surface area contributed by atoms with Gasteiger partial charge < -0.3 is 14.6 Å². The summed E-state index contributed by atoms with van der Waals surface area (Å²) in [5.41, 5.74) is 0.585. The van der Waals surface area contributed by atoms with Gasteiger partial charge >= 0.3 is 5.97 Å². The van der Waals surface area contributed by atoms with Gasteiger partial charge in [0.2, 0.25) is 0 Å². The largest absolute Gasteiger partial charge is 0.503 e. The Kier molecular flexibility index (Phi) is 4.72. The zero-order valence-electron chi connectivity index (χ0n) is 10.2. The highest BCUT2D eigenvalue weighted by atomic mass is 79.9. The molecule has 0 aliphatic heterocycles. The number of esters is 1. The van der Waals surface area contributed by atoms with Crippen molar-refractivity contribution in [2.24, 2.45) is 0 Å². The van der Waals surface area contributed by atoms with E-state index in [0.717, 1.165) is 0 Å². The van der Waals surface area contributed by atoms with Crippen LogP contribution in [0.5, 0.6) is 11.5 Å². The number of carbonyl (C=O) groups is 2. The molecule has 98 valence electrons. The van der Waals surface area contributed by atoms with E-state index >= 15 is 0 Å². The predicted molar refractivity (Wildman–Crippen MR) is 68.1 cm³/mol. The third kappa shape index (κ3) is 2.64. The molecular formula is C12H13BrO5. The molecule has 0 atom stereocenters. The fraction of sp³-hybridized carbons (Fsp3) is 0.333. The zero-order chi connectivity index (χ0) is 13.9. The minimum Gasteiger partial charge on any atom is -0.503 e. The van der Waals surface area contributed by atoms with Crippen molar-refractivity contribution >= 4 is 27.7 Å². The first-order chi connectivity index (χ1) is 8.43. The molecular weight excluding hydrogens is 304 g/mol. The van der Waals surface area contributed by atoms with Crippen LogP contribution in [0.25, 0.3) is 0 Å². The summed E-state index contributed by atoms with van der Waals surface area (Å²) in [6.45, 7) is 3.36. The maximum Gasteiger partial charge on any atom is 0.379 e. The minimum atomic E-state index is -0.953. The molecule has 0 aliphatic rings. The number of phenolic OH excluding ortho intramolecular Hbond substituents is 1. The van der Waals surface area contributed by atoms with Crippen molar-refractivity contribution in [3.05, 3.63) is 21.7 Å². The molecule has 0 spiro atoms. The summed E-state index contributed by atoms with van der Waals surface area (Å²) in [6, 6.07) is 1.48. The van der Waals surface area contributed by atoms with E-state index in [1.807, 2.05) is 0 Å². The highest BCUT2D eigenvalue weighted by Crippen LogP contribution is 2.38. The molecule has 1 aromatic rings. The third-order valence-electron chi connectivity index (χ3n) is 2.31. The summed E-state index contributed by atoms with van der Waals surface area (Å²) in [5, 5.41) is 9.79. The second-order valence-electron chi connectivity index (χ2n) is 3.48. The van der Waals surface area contributed by atoms with Gasteiger partial charge in [-0.3, -0.25) is 4.79 Å². The Labute approximate surface area is 113 Å². The van der Waals surface area contributed by atoms with E-state index in [4.69, 9.17) is 4.74 Å². The van der Waals surface area contributed by atoms with E-state index in [-0.39, 0.29) is 28.1 Å². The van der Waals surface area contributed by atoms with E-state index in [0.29, 0.717) is 5.56 Å². The van der Waals surface area contributed by atoms with Crippen LogP contribution in [0.4, 0.5) is 0 Å². The summed E-state index contributed by atoms with van der Waals surface area (Å²) in [7, 11) is 1.40. The Morgan fingerprint density at radius 2 is 2.06 bits per heavy atom. The van der Waals surface area contributed by atoms with Gasteiger partial charge in [-0.15, -0.1) is 0 Å². The van der Waals surface area contributed by atoms with Crippen LogP contribution in [0.2, 0.25) is 0 Å². The number of aromatic hydroxyl groups is 1. The van der Waals surface area contributed by atoms with Crippen LogP contribution < -0.4 is 4.74 Å². The maximum absolute atomic E-state index is 11.9. The van der Waals surface area contributed by atoms with Gasteiger partial charge in [-0.25, -0.2) is 4.79 Å². The van der Waals surface area contributed by atoms with E-state index in [1.165, 1.54) is 13.2 Å². The van der Waals surface area contributed by atoms with Crippen LogP contribution in [-0.2, 0) is 9.53 Å². The van der Waals surface area contributed by atoms with Gasteiger partial charge in [-0.1, -0.05) is 0 Å². The summed E-state index contributed by atoms with van der Waals surface area (Å²) in [4.78, 5) is 23.3. The number of ether oxygens (including phenoxy) is 2. The zero-order valence-corrected chi connectivity index (χ0v) is 11.8. The number of phenols is 1. The second kappa shape index (κ2) is 5.86. The van der Waals surface area contributed by atoms with Crippen molar-refractivity contribution in [1.29, 1.82) is 0 Å². The number of halogens is 1. The number of methoxy groups -OCH3 is 1. The van der Waals surface area contributed by atoms with Crippen LogP contribution in [0.15, 0.2) is 10.5 Å². The standard InChI is InChI=1S/C12H13BrO5/c1-4-18-12(16)11(15)8-6(2)5-7(17-3)10(14)9(8)13/h5,14H,4H2,1-3H3. The molecule has 0 unspecified atom stereocenters. The molecule has 18 heavy (non-hydrogen) atoms. The average molecular weight is 317 g/mol. The molecule has 6 heteroatoms. The molecule has 0 aromatic heterocycles. The van der Waals surface area contributed by atoms with Crippen molar-refractivity contribution in [2.75, 3.05) is 13.7 Å². The number of hydrogen-bond acceptors (Lipinski definition) is 5. The van der Waals surface area contributed by atoms with E-state index < -0.39 is 11.8 Å². The topological polar surface area (TPSA) is 72.8 Å². The van der Waals surface area contributed by atoms with Crippen molar-refractivity contribution in [1.82, 2.24) is 0 Å². The Morgan fingerprint density at radius 3 is 2.56 bits per heavy atom. The molecule has 0 saturated heterocycles. The van der Waals surface area contributed by atoms with Crippen LogP contribution in [0, 0.1) is 6.92 Å². The van der Waals surface area contributed by atoms with Gasteiger partial charge in [0.05, 0.1) is 23.8 Å². The Balaban J connectivity index is 3.30. The lowest BCUT2D eigenvalue weighted by molar-refractivity contribution is -0.137. The molecule has 0 radical (unpaired) electrons. The molecule has 0 aliphatic carbocycles. The van der Waals surface area contributed by atoms with Gasteiger partial charge in [0, 0.05) is 0 Å². The molecule has 0 bridgehead atoms. The van der Waals surface area contributed by atoms with E-state index in [1.54, 1.807) is 13.8 Å². The third-order valence-corrected chi connectivity index (χ3v) is 3.08. The predicted octanol–water partition coefficient (Wildman–Crippen LogP) is 2.22. The number of hydrogen-bond donors (Lipinski definition) is 1. The molecule has 1 N–H and O–H groups in total. The monoisotopic (exact) mass is 316 g/mol. The van der Waals surface area contributed by atoms with Crippen LogP contribution in [-0.4, -0.2) is 30.6 Å². The highest BCUT2D eigenvalue weighted by Gasteiger charge is 2.25. The molecule has 0 fully saturated rings. The van der Waals surface area contributed by atoms with Crippen LogP contribution >= 0.6 is 15.9 Å². The van der Waals surface area contributed by atoms with Crippen molar-refractivity contribution in [3.63, 3.8) is 0 Å². The molecule has 0 amide bonds. The highest BCUT2D eigenvalue weighted by molar-refractivity contribution is 9.10. The molecule has 0 heterocycles. The van der Waals surface area contributed by atoms with Gasteiger partial charge in [0.25, 0.3) is 5.78 Å². The molecule has 1 aromatic carbocycles. The van der Waals surface area contributed by atoms with Gasteiger partial charge in [0.15, 0.2) is 11.5 Å². The number of ketones is 1. The summed E-state index contributed by atoms with van der Waals surface area (Å²) >= 11 is 3.08. The smallest absolute Gasteiger partial charge is 0.379 e. The summed E-state index contributed by atoms with van der Waals surface area (Å²) in [5.74, 6) is -1.76. The Bertz CT molecular complexity index is 496. The number of rotatable bonds is 4. The lowest BCUT2D eigenvalue weighted by Gasteiger charge is -2.12. The lowest BCUT2D eigenvalue weighted by Crippen LogP contribution is -2.19. The molecule has 5 nitrogen and oxygen atoms in total. The first-order valence-corrected chi connectivity index (χ1v) is 6.00. The second-order valence-corrected chi connectivity index (χ2v) is 4.28. The number of aryl methyl sites for hydroxylation is 1. The van der Waals surface area contributed by atoms with Gasteiger partial charge in [-0.05, 0) is 41.4 Å². The van der Waals surface area contributed by atoms with Gasteiger partial charge in [0.1, 0.15) is 0 Å². The van der Waals surface area contributed by atoms with Crippen LogP contribution in [0.1, 0.15) is 22.8 Å². The fourth-order valence-corrected chi connectivity index (χ4v) is 2.16. The minimum absolute atomic E-state index is 0.0757. The lowest BCUT2D eigenvalue weighted by atomic mass is 10.0. The Morgan fingerprint density at radius 1 is 1.44 bits per heavy atom. The van der Waals surface area contributed by atoms with Crippen molar-refractivity contribution < 1.29 is 24.2 Å². The Hall–Kier alpha value is -1.56. The number of benzene rings is 1. The van der Waals surface area contributed by atoms with Crippen molar-refractivity contribution in [3.8, 4) is 11.5 Å². The maximum atomic E-state index is 11.9. The first kappa shape index (κ1) is 14.5. The van der Waals surface area contributed by atoms with Crippen LogP contribution in [0.3, 0.4) is 0 Å². The summed E-state index contributed by atoms with van der Waals surface area (Å²) < 4.78 is 9.71. The molecule has 1 rings (SSSR count). The summed E-state index contributed by atoms with van der Waals surface area (Å²) in [6.07, 6.45) is 0. The fourth-order valence-electron chi connectivity index (χ4n) is 1.47. The number of carbonyl (C=O) groups excluding carboxylic acids is 2. The molecule has 0 saturated carbocycles. The first-order valence-electron chi connectivity index (χ1n) is 5.21. The van der Waals surface area contributed by atoms with E-state index in [2.05, 4.69) is 20.7 Å². The quantitative estimate of drug-likeness (QED) is 0.524. The van der Waals surface area contributed by atoms with Crippen molar-refractivity contribution in [2.45, 2.75) is 13.8 Å². The number of Topliss-reactive ketones (excluding diaryl/α,β-unsaturated/α-hetero) is 1. The average Bonchev–Trinajstić information content (AvgIpc) is 2.34. The van der Waals surface area contributed by atoms with Gasteiger partial charge in [-0.2, -0.15) is 0 Å².